The molecule has 1 nitrogen and oxygen atoms in total. The molecule has 0 fully saturated rings. The third kappa shape index (κ3) is 6.43. The summed E-state index contributed by atoms with van der Waals surface area (Å²) in [4.78, 5) is 0. The summed E-state index contributed by atoms with van der Waals surface area (Å²) in [5.41, 5.74) is 0. The van der Waals surface area contributed by atoms with Crippen molar-refractivity contribution >= 4 is 12.6 Å². The SMILES string of the molecule is CCCNCC(C)CCS. The fourth-order valence-electron chi connectivity index (χ4n) is 0.848. The van der Waals surface area contributed by atoms with Crippen molar-refractivity contribution in [3.63, 3.8) is 0 Å². The van der Waals surface area contributed by atoms with E-state index in [1.165, 1.54) is 12.8 Å². The molecule has 0 rings (SSSR count). The third-order valence-corrected chi connectivity index (χ3v) is 1.80. The molecule has 2 heteroatoms. The quantitative estimate of drug-likeness (QED) is 0.448. The molecule has 0 spiro atoms. The smallest absolute Gasteiger partial charge is 0.00229 e. The number of thiol groups is 1. The molecule has 0 amide bonds. The Hall–Kier alpha value is 0.310. The largest absolute Gasteiger partial charge is 0.316 e. The summed E-state index contributed by atoms with van der Waals surface area (Å²) in [6, 6.07) is 0. The van der Waals surface area contributed by atoms with Crippen molar-refractivity contribution in [1.29, 1.82) is 0 Å². The highest BCUT2D eigenvalue weighted by atomic mass is 32.1. The zero-order valence-electron chi connectivity index (χ0n) is 7.06. The van der Waals surface area contributed by atoms with Crippen LogP contribution in [0.3, 0.4) is 0 Å². The van der Waals surface area contributed by atoms with E-state index in [2.05, 4.69) is 31.8 Å². The number of hydrogen-bond donors (Lipinski definition) is 2. The van der Waals surface area contributed by atoms with Gasteiger partial charge in [0.15, 0.2) is 0 Å². The molecule has 1 atom stereocenters. The van der Waals surface area contributed by atoms with Crippen LogP contribution in [0.4, 0.5) is 0 Å². The second kappa shape index (κ2) is 7.42. The standard InChI is InChI=1S/C8H19NS/c1-3-5-9-7-8(2)4-6-10/h8-10H,3-7H2,1-2H3. The van der Waals surface area contributed by atoms with Gasteiger partial charge in [0.2, 0.25) is 0 Å². The minimum absolute atomic E-state index is 0.782. The monoisotopic (exact) mass is 161 g/mol. The van der Waals surface area contributed by atoms with Crippen LogP contribution in [-0.2, 0) is 0 Å². The van der Waals surface area contributed by atoms with Gasteiger partial charge in [-0.1, -0.05) is 13.8 Å². The van der Waals surface area contributed by atoms with Crippen LogP contribution in [0, 0.1) is 5.92 Å². The van der Waals surface area contributed by atoms with Gasteiger partial charge in [0.05, 0.1) is 0 Å². The maximum atomic E-state index is 4.18. The van der Waals surface area contributed by atoms with Crippen molar-refractivity contribution in [2.45, 2.75) is 26.7 Å². The fraction of sp³-hybridized carbons (Fsp3) is 1.00. The van der Waals surface area contributed by atoms with Crippen LogP contribution in [-0.4, -0.2) is 18.8 Å². The molecular weight excluding hydrogens is 142 g/mol. The molecule has 0 aliphatic rings. The highest BCUT2D eigenvalue weighted by Gasteiger charge is 1.97. The topological polar surface area (TPSA) is 12.0 Å². The summed E-state index contributed by atoms with van der Waals surface area (Å²) < 4.78 is 0. The van der Waals surface area contributed by atoms with E-state index in [0.29, 0.717) is 0 Å². The highest BCUT2D eigenvalue weighted by molar-refractivity contribution is 7.80. The van der Waals surface area contributed by atoms with Crippen molar-refractivity contribution in [3.05, 3.63) is 0 Å². The number of nitrogens with one attached hydrogen (secondary N) is 1. The molecule has 10 heavy (non-hydrogen) atoms. The van der Waals surface area contributed by atoms with Crippen LogP contribution < -0.4 is 5.32 Å². The van der Waals surface area contributed by atoms with E-state index in [1.807, 2.05) is 0 Å². The van der Waals surface area contributed by atoms with E-state index < -0.39 is 0 Å². The van der Waals surface area contributed by atoms with Crippen molar-refractivity contribution in [2.75, 3.05) is 18.8 Å². The molecular formula is C8H19NS. The molecule has 0 bridgehead atoms. The lowest BCUT2D eigenvalue weighted by atomic mass is 10.1. The lowest BCUT2D eigenvalue weighted by molar-refractivity contribution is 0.503. The predicted octanol–water partition coefficient (Wildman–Crippen LogP) is 1.94. The van der Waals surface area contributed by atoms with Crippen LogP contribution in [0.25, 0.3) is 0 Å². The highest BCUT2D eigenvalue weighted by Crippen LogP contribution is 2.00. The predicted molar refractivity (Wildman–Crippen MR) is 50.8 cm³/mol. The van der Waals surface area contributed by atoms with E-state index in [1.54, 1.807) is 0 Å². The molecule has 0 saturated heterocycles. The molecule has 0 aromatic rings. The lowest BCUT2D eigenvalue weighted by Gasteiger charge is -2.09. The molecule has 62 valence electrons. The Morgan fingerprint density at radius 3 is 2.70 bits per heavy atom. The minimum Gasteiger partial charge on any atom is -0.316 e. The molecule has 0 aromatic heterocycles. The zero-order valence-corrected chi connectivity index (χ0v) is 7.95. The Balaban J connectivity index is 2.97. The maximum absolute atomic E-state index is 4.18. The van der Waals surface area contributed by atoms with Gasteiger partial charge in [0.1, 0.15) is 0 Å². The minimum atomic E-state index is 0.782. The van der Waals surface area contributed by atoms with E-state index in [4.69, 9.17) is 0 Å². The van der Waals surface area contributed by atoms with Crippen LogP contribution in [0.2, 0.25) is 0 Å². The Labute approximate surface area is 70.0 Å². The van der Waals surface area contributed by atoms with Gasteiger partial charge >= 0.3 is 0 Å². The van der Waals surface area contributed by atoms with E-state index in [-0.39, 0.29) is 0 Å². The first-order valence-electron chi connectivity index (χ1n) is 4.12. The van der Waals surface area contributed by atoms with Gasteiger partial charge in [-0.3, -0.25) is 0 Å². The third-order valence-electron chi connectivity index (χ3n) is 1.54. The van der Waals surface area contributed by atoms with Crippen molar-refractivity contribution in [1.82, 2.24) is 5.32 Å². The summed E-state index contributed by atoms with van der Waals surface area (Å²) in [5.74, 6) is 1.79. The number of hydrogen-bond acceptors (Lipinski definition) is 2. The van der Waals surface area contributed by atoms with Gasteiger partial charge in [-0.2, -0.15) is 12.6 Å². The summed E-state index contributed by atoms with van der Waals surface area (Å²) in [6.07, 6.45) is 2.45. The fourth-order valence-corrected chi connectivity index (χ4v) is 1.29. The first-order valence-corrected chi connectivity index (χ1v) is 4.76. The second-order valence-corrected chi connectivity index (χ2v) is 3.27. The van der Waals surface area contributed by atoms with Crippen molar-refractivity contribution in [2.24, 2.45) is 5.92 Å². The summed E-state index contributed by atoms with van der Waals surface area (Å²) in [6.45, 7) is 6.75. The molecule has 0 heterocycles. The van der Waals surface area contributed by atoms with Crippen LogP contribution in [0.1, 0.15) is 26.7 Å². The van der Waals surface area contributed by atoms with Gasteiger partial charge < -0.3 is 5.32 Å². The zero-order chi connectivity index (χ0) is 7.82. The molecule has 0 aromatic carbocycles. The lowest BCUT2D eigenvalue weighted by Crippen LogP contribution is -2.21. The average molecular weight is 161 g/mol. The second-order valence-electron chi connectivity index (χ2n) is 2.82. The van der Waals surface area contributed by atoms with Crippen LogP contribution in [0.15, 0.2) is 0 Å². The maximum Gasteiger partial charge on any atom is -0.00229 e. The van der Waals surface area contributed by atoms with Gasteiger partial charge in [0, 0.05) is 0 Å². The summed E-state index contributed by atoms with van der Waals surface area (Å²) in [5, 5.41) is 3.39. The molecule has 1 unspecified atom stereocenters. The van der Waals surface area contributed by atoms with E-state index in [9.17, 15) is 0 Å². The normalized spacial score (nSPS) is 13.5. The van der Waals surface area contributed by atoms with Crippen molar-refractivity contribution in [3.8, 4) is 0 Å². The van der Waals surface area contributed by atoms with Crippen molar-refractivity contribution < 1.29 is 0 Å². The van der Waals surface area contributed by atoms with Gasteiger partial charge in [-0.05, 0) is 37.6 Å². The van der Waals surface area contributed by atoms with Gasteiger partial charge in [0.25, 0.3) is 0 Å². The Bertz CT molecular complexity index is 66.3. The first kappa shape index (κ1) is 10.3. The van der Waals surface area contributed by atoms with E-state index >= 15 is 0 Å². The Morgan fingerprint density at radius 1 is 1.50 bits per heavy atom. The molecule has 0 aliphatic carbocycles. The first-order chi connectivity index (χ1) is 4.81. The number of rotatable bonds is 6. The van der Waals surface area contributed by atoms with Gasteiger partial charge in [-0.15, -0.1) is 0 Å². The van der Waals surface area contributed by atoms with Crippen LogP contribution in [0.5, 0.6) is 0 Å². The summed E-state index contributed by atoms with van der Waals surface area (Å²) >= 11 is 4.18. The molecule has 0 radical (unpaired) electrons. The van der Waals surface area contributed by atoms with E-state index in [0.717, 1.165) is 24.8 Å². The molecule has 0 saturated carbocycles. The molecule has 1 N–H and O–H groups in total. The van der Waals surface area contributed by atoms with Gasteiger partial charge in [-0.25, -0.2) is 0 Å². The average Bonchev–Trinajstić information content (AvgIpc) is 1.89. The van der Waals surface area contributed by atoms with Crippen LogP contribution >= 0.6 is 12.6 Å². The summed E-state index contributed by atoms with van der Waals surface area (Å²) in [7, 11) is 0. The Kier molecular flexibility index (Phi) is 7.65. The molecule has 0 aliphatic heterocycles. The Morgan fingerprint density at radius 2 is 2.20 bits per heavy atom.